The van der Waals surface area contributed by atoms with E-state index in [2.05, 4.69) is 0 Å². The predicted octanol–water partition coefficient (Wildman–Crippen LogP) is 7.44. The molecule has 22 heteroatoms. The Balaban J connectivity index is 7.08. The quantitative estimate of drug-likeness (QED) is 0.242. The van der Waals surface area contributed by atoms with Gasteiger partial charge in [0.1, 0.15) is 0 Å². The second-order valence-corrected chi connectivity index (χ2v) is 6.22. The van der Waals surface area contributed by atoms with Crippen molar-refractivity contribution in [1.82, 2.24) is 0 Å². The Bertz CT molecular complexity index is 737. The summed E-state index contributed by atoms with van der Waals surface area (Å²) in [6.07, 6.45) is -6.16. The average molecular weight is 565 g/mol. The molecular formula is C12H3F22. The van der Waals surface area contributed by atoms with Gasteiger partial charge in [0.05, 0.1) is 0 Å². The average Bonchev–Trinajstić information content (AvgIpc) is 2.58. The Morgan fingerprint density at radius 3 is 0.676 bits per heavy atom. The molecule has 0 heterocycles. The first-order valence-electron chi connectivity index (χ1n) is 7.11. The van der Waals surface area contributed by atoms with Crippen LogP contribution in [0.3, 0.4) is 0 Å². The van der Waals surface area contributed by atoms with Crippen LogP contribution in [-0.2, 0) is 0 Å². The molecule has 205 valence electrons. The molecule has 0 aliphatic heterocycles. The summed E-state index contributed by atoms with van der Waals surface area (Å²) in [6.45, 7) is 0.779. The summed E-state index contributed by atoms with van der Waals surface area (Å²) in [5.74, 6) is -85.3. The highest BCUT2D eigenvalue weighted by Gasteiger charge is 2.97. The topological polar surface area (TPSA) is 0 Å². The highest BCUT2D eigenvalue weighted by Crippen LogP contribution is 2.66. The van der Waals surface area contributed by atoms with Crippen LogP contribution in [0.2, 0.25) is 0 Å². The third kappa shape index (κ3) is 3.62. The van der Waals surface area contributed by atoms with Crippen molar-refractivity contribution in [2.75, 3.05) is 0 Å². The van der Waals surface area contributed by atoms with Crippen molar-refractivity contribution in [3.05, 3.63) is 6.92 Å². The van der Waals surface area contributed by atoms with Gasteiger partial charge in [-0.3, -0.25) is 0 Å². The fraction of sp³-hybridized carbons (Fsp3) is 0.917. The number of halogens is 22. The van der Waals surface area contributed by atoms with Gasteiger partial charge >= 0.3 is 65.7 Å². The lowest BCUT2D eigenvalue weighted by atomic mass is 9.85. The molecule has 0 aromatic heterocycles. The molecule has 0 amide bonds. The van der Waals surface area contributed by atoms with E-state index in [0.717, 1.165) is 6.92 Å². The van der Waals surface area contributed by atoms with Gasteiger partial charge < -0.3 is 0 Å². The first kappa shape index (κ1) is 32.5. The van der Waals surface area contributed by atoms with Gasteiger partial charge in [-0.1, -0.05) is 0 Å². The van der Waals surface area contributed by atoms with Crippen LogP contribution in [0.1, 0.15) is 0 Å². The molecule has 1 radical (unpaired) electrons. The molecule has 34 heavy (non-hydrogen) atoms. The molecule has 0 rings (SSSR count). The molecule has 0 N–H and O–H groups in total. The lowest BCUT2D eigenvalue weighted by Crippen LogP contribution is -2.77. The van der Waals surface area contributed by atoms with Crippen LogP contribution in [0, 0.1) is 6.92 Å². The minimum absolute atomic E-state index is 0.779. The van der Waals surface area contributed by atoms with Crippen LogP contribution in [-0.4, -0.2) is 65.7 Å². The minimum atomic E-state index is -9.23. The Kier molecular flexibility index (Phi) is 7.38. The summed E-state index contributed by atoms with van der Waals surface area (Å²) < 4.78 is 284. The number of hydrogen-bond acceptors (Lipinski definition) is 0. The zero-order valence-corrected chi connectivity index (χ0v) is 14.6. The summed E-state index contributed by atoms with van der Waals surface area (Å²) in [6, 6.07) is 0. The molecule has 0 unspecified atom stereocenters. The van der Waals surface area contributed by atoms with Crippen molar-refractivity contribution in [2.45, 2.75) is 65.7 Å². The number of alkyl halides is 22. The summed E-state index contributed by atoms with van der Waals surface area (Å²) in [7, 11) is 0. The van der Waals surface area contributed by atoms with E-state index >= 15 is 0 Å². The van der Waals surface area contributed by atoms with E-state index in [4.69, 9.17) is 0 Å². The monoisotopic (exact) mass is 565 g/mol. The second kappa shape index (κ2) is 7.73. The normalized spacial score (nSPS) is 16.9. The molecule has 0 aliphatic rings. The van der Waals surface area contributed by atoms with Crippen molar-refractivity contribution in [3.8, 4) is 0 Å². The van der Waals surface area contributed by atoms with Gasteiger partial charge in [-0.15, -0.1) is 0 Å². The molecule has 0 aromatic rings. The zero-order valence-electron chi connectivity index (χ0n) is 14.6. The lowest BCUT2D eigenvalue weighted by molar-refractivity contribution is -0.470. The molecule has 0 spiro atoms. The molecule has 0 atom stereocenters. The Morgan fingerprint density at radius 2 is 0.500 bits per heavy atom. The van der Waals surface area contributed by atoms with Gasteiger partial charge in [0, 0.05) is 6.92 Å². The van der Waals surface area contributed by atoms with Crippen molar-refractivity contribution in [1.29, 1.82) is 0 Å². The number of hydrogen-bond donors (Lipinski definition) is 0. The van der Waals surface area contributed by atoms with Crippen molar-refractivity contribution < 1.29 is 96.6 Å². The molecule has 0 saturated heterocycles. The molecule has 0 aliphatic carbocycles. The maximum Gasteiger partial charge on any atom is 0.385 e. The Morgan fingerprint density at radius 1 is 0.324 bits per heavy atom. The molecule has 0 nitrogen and oxygen atoms in total. The van der Waals surface area contributed by atoms with Crippen LogP contribution in [0.5, 0.6) is 0 Å². The third-order valence-corrected chi connectivity index (χ3v) is 3.91. The fourth-order valence-electron chi connectivity index (χ4n) is 1.76. The van der Waals surface area contributed by atoms with E-state index in [1.54, 1.807) is 0 Å². The molecule has 0 saturated carbocycles. The van der Waals surface area contributed by atoms with Gasteiger partial charge in [-0.2, -0.15) is 87.8 Å². The van der Waals surface area contributed by atoms with Gasteiger partial charge in [-0.05, 0) is 0 Å². The molecule has 0 bridgehead atoms. The van der Waals surface area contributed by atoms with Crippen LogP contribution in [0.15, 0.2) is 0 Å². The van der Waals surface area contributed by atoms with Crippen molar-refractivity contribution >= 4 is 0 Å². The van der Waals surface area contributed by atoms with Crippen LogP contribution >= 0.6 is 0 Å². The van der Waals surface area contributed by atoms with E-state index in [9.17, 15) is 96.6 Å². The summed E-state index contributed by atoms with van der Waals surface area (Å²) in [5.41, 5.74) is 0. The van der Waals surface area contributed by atoms with Gasteiger partial charge in [0.15, 0.2) is 0 Å². The zero-order chi connectivity index (χ0) is 28.6. The fourth-order valence-corrected chi connectivity index (χ4v) is 1.76. The van der Waals surface area contributed by atoms with Crippen molar-refractivity contribution in [3.63, 3.8) is 0 Å². The van der Waals surface area contributed by atoms with Crippen LogP contribution < -0.4 is 0 Å². The summed E-state index contributed by atoms with van der Waals surface area (Å²) in [4.78, 5) is 0. The van der Waals surface area contributed by atoms with E-state index in [1.807, 2.05) is 0 Å². The van der Waals surface area contributed by atoms with Gasteiger partial charge in [0.25, 0.3) is 0 Å². The smallest absolute Gasteiger partial charge is 0.203 e. The maximum atomic E-state index is 13.3. The number of rotatable bonds is 10. The van der Waals surface area contributed by atoms with Crippen LogP contribution in [0.4, 0.5) is 96.6 Å². The van der Waals surface area contributed by atoms with Gasteiger partial charge in [-0.25, -0.2) is 8.78 Å². The maximum absolute atomic E-state index is 13.3. The van der Waals surface area contributed by atoms with E-state index in [-0.39, 0.29) is 0 Å². The van der Waals surface area contributed by atoms with E-state index < -0.39 is 65.7 Å². The predicted molar refractivity (Wildman–Crippen MR) is 60.8 cm³/mol. The van der Waals surface area contributed by atoms with Crippen LogP contribution in [0.25, 0.3) is 0 Å². The third-order valence-electron chi connectivity index (χ3n) is 3.91. The van der Waals surface area contributed by atoms with E-state index in [0.29, 0.717) is 0 Å². The van der Waals surface area contributed by atoms with Crippen molar-refractivity contribution in [2.24, 2.45) is 0 Å². The van der Waals surface area contributed by atoms with E-state index in [1.165, 1.54) is 0 Å². The SMILES string of the molecule is [CH2]C(F)(F)C(F)(F)C(F)(F)C(F)(F)C(F)(F)C(F)(F)C(F)(F)C(F)(F)C(F)(F)C(F)(F)C(F)F. The highest BCUT2D eigenvalue weighted by atomic mass is 19.4. The minimum Gasteiger partial charge on any atom is -0.203 e. The van der Waals surface area contributed by atoms with Gasteiger partial charge in [0.2, 0.25) is 0 Å². The molecule has 0 fully saturated rings. The highest BCUT2D eigenvalue weighted by molar-refractivity contribution is 5.18. The summed E-state index contributed by atoms with van der Waals surface area (Å²) in [5, 5.41) is 0. The summed E-state index contributed by atoms with van der Waals surface area (Å²) >= 11 is 0. The Labute approximate surface area is 170 Å². The second-order valence-electron chi connectivity index (χ2n) is 6.22. The largest absolute Gasteiger partial charge is 0.385 e. The standard InChI is InChI=1S/C12H3F22/c1-3(15,16)5(19,20)7(23,24)9(27,28)11(31,32)12(33,34)10(29,30)8(25,26)6(21,22)4(17,18)2(13)14/h2H,1H2. The Hall–Kier alpha value is -1.54. The lowest BCUT2D eigenvalue weighted by Gasteiger charge is -2.44. The molecule has 0 aromatic carbocycles. The first-order chi connectivity index (χ1) is 14.2. The first-order valence-corrected chi connectivity index (χ1v) is 7.11. The molecular weight excluding hydrogens is 562 g/mol.